The lowest BCUT2D eigenvalue weighted by Gasteiger charge is -2.21. The molecule has 0 atom stereocenters. The van der Waals surface area contributed by atoms with Crippen LogP contribution in [0.2, 0.25) is 4.34 Å². The van der Waals surface area contributed by atoms with Gasteiger partial charge in [-0.3, -0.25) is 0 Å². The lowest BCUT2D eigenvalue weighted by molar-refractivity contribution is 0.0697. The van der Waals surface area contributed by atoms with E-state index in [4.69, 9.17) is 16.3 Å². The molecule has 0 saturated carbocycles. The maximum atomic E-state index is 11.3. The summed E-state index contributed by atoms with van der Waals surface area (Å²) in [5.41, 5.74) is 0.859. The van der Waals surface area contributed by atoms with Crippen molar-refractivity contribution in [1.82, 2.24) is 0 Å². The second-order valence-electron chi connectivity index (χ2n) is 4.25. The van der Waals surface area contributed by atoms with Gasteiger partial charge in [-0.05, 0) is 24.3 Å². The Labute approximate surface area is 126 Å². The molecule has 0 amide bonds. The highest BCUT2D eigenvalue weighted by Crippen LogP contribution is 2.29. The third-order valence-electron chi connectivity index (χ3n) is 2.87. The molecule has 0 saturated heterocycles. The minimum absolute atomic E-state index is 0.246. The summed E-state index contributed by atoms with van der Waals surface area (Å²) in [5.74, 6) is -0.334. The summed E-state index contributed by atoms with van der Waals surface area (Å²) in [4.78, 5) is 14.2. The number of carbonyl (C=O) groups is 1. The zero-order valence-corrected chi connectivity index (χ0v) is 12.7. The molecule has 20 heavy (non-hydrogen) atoms. The van der Waals surface area contributed by atoms with Crippen LogP contribution in [-0.4, -0.2) is 25.2 Å². The largest absolute Gasteiger partial charge is 0.497 e. The Morgan fingerprint density at radius 2 is 2.15 bits per heavy atom. The Morgan fingerprint density at radius 3 is 2.70 bits per heavy atom. The summed E-state index contributed by atoms with van der Waals surface area (Å²) in [6.07, 6.45) is 0. The highest BCUT2D eigenvalue weighted by Gasteiger charge is 2.15. The molecule has 0 aliphatic rings. The lowest BCUT2D eigenvalue weighted by Crippen LogP contribution is -2.18. The molecule has 1 aromatic heterocycles. The molecule has 4 nitrogen and oxygen atoms in total. The van der Waals surface area contributed by atoms with E-state index in [0.29, 0.717) is 18.0 Å². The molecule has 2 rings (SSSR count). The second-order valence-corrected chi connectivity index (χ2v) is 6.05. The molecule has 0 radical (unpaired) electrons. The van der Waals surface area contributed by atoms with Crippen molar-refractivity contribution in [2.45, 2.75) is 6.54 Å². The first kappa shape index (κ1) is 14.7. The van der Waals surface area contributed by atoms with Crippen LogP contribution in [0.5, 0.6) is 5.75 Å². The molecule has 0 unspecified atom stereocenters. The number of carboxylic acids is 1. The van der Waals surface area contributed by atoms with Gasteiger partial charge in [0.25, 0.3) is 0 Å². The Balaban J connectivity index is 2.31. The molecule has 106 valence electrons. The predicted octanol–water partition coefficient (Wildman–Crippen LogP) is 3.74. The fourth-order valence-corrected chi connectivity index (χ4v) is 3.03. The number of anilines is 1. The van der Waals surface area contributed by atoms with Crippen LogP contribution in [0.4, 0.5) is 5.69 Å². The van der Waals surface area contributed by atoms with Gasteiger partial charge in [-0.25, -0.2) is 4.79 Å². The van der Waals surface area contributed by atoms with Gasteiger partial charge in [0.05, 0.1) is 29.2 Å². The van der Waals surface area contributed by atoms with Crippen molar-refractivity contribution in [3.63, 3.8) is 0 Å². The average molecular weight is 312 g/mol. The van der Waals surface area contributed by atoms with E-state index in [1.165, 1.54) is 11.3 Å². The molecule has 0 bridgehead atoms. The maximum Gasteiger partial charge on any atom is 0.337 e. The zero-order valence-electron chi connectivity index (χ0n) is 11.1. The van der Waals surface area contributed by atoms with Crippen LogP contribution in [0.1, 0.15) is 15.2 Å². The minimum Gasteiger partial charge on any atom is -0.497 e. The summed E-state index contributed by atoms with van der Waals surface area (Å²) in [6.45, 7) is 0.588. The molecule has 1 N–H and O–H groups in total. The first-order valence-electron chi connectivity index (χ1n) is 5.88. The van der Waals surface area contributed by atoms with Crippen molar-refractivity contribution in [2.24, 2.45) is 0 Å². The van der Waals surface area contributed by atoms with Crippen molar-refractivity contribution in [1.29, 1.82) is 0 Å². The van der Waals surface area contributed by atoms with Crippen LogP contribution < -0.4 is 9.64 Å². The van der Waals surface area contributed by atoms with Gasteiger partial charge in [0.1, 0.15) is 5.75 Å². The molecule has 0 aliphatic heterocycles. The predicted molar refractivity (Wildman–Crippen MR) is 81.4 cm³/mol. The number of rotatable bonds is 5. The van der Waals surface area contributed by atoms with Gasteiger partial charge >= 0.3 is 5.97 Å². The SMILES string of the molecule is COc1ccc(C(=O)O)c(N(C)Cc2ccc(Cl)s2)c1. The number of benzene rings is 1. The van der Waals surface area contributed by atoms with Gasteiger partial charge < -0.3 is 14.7 Å². The smallest absolute Gasteiger partial charge is 0.337 e. The Hall–Kier alpha value is -1.72. The van der Waals surface area contributed by atoms with Gasteiger partial charge in [-0.1, -0.05) is 11.6 Å². The summed E-state index contributed by atoms with van der Waals surface area (Å²) in [6, 6.07) is 8.68. The lowest BCUT2D eigenvalue weighted by atomic mass is 10.1. The average Bonchev–Trinajstić information content (AvgIpc) is 2.83. The molecule has 0 fully saturated rings. The number of ether oxygens (including phenoxy) is 1. The molecule has 0 spiro atoms. The number of aromatic carboxylic acids is 1. The standard InChI is InChI=1S/C14H14ClNO3S/c1-16(8-10-4-6-13(15)20-10)12-7-9(19-2)3-5-11(12)14(17)18/h3-7H,8H2,1-2H3,(H,17,18). The van der Waals surface area contributed by atoms with Gasteiger partial charge in [0, 0.05) is 18.0 Å². The van der Waals surface area contributed by atoms with Crippen LogP contribution in [0, 0.1) is 0 Å². The molecular weight excluding hydrogens is 298 g/mol. The van der Waals surface area contributed by atoms with Crippen LogP contribution in [0.25, 0.3) is 0 Å². The number of thiophene rings is 1. The van der Waals surface area contributed by atoms with E-state index < -0.39 is 5.97 Å². The Bertz CT molecular complexity index is 627. The zero-order chi connectivity index (χ0) is 14.7. The molecule has 2 aromatic rings. The van der Waals surface area contributed by atoms with E-state index >= 15 is 0 Å². The van der Waals surface area contributed by atoms with Gasteiger partial charge in [-0.15, -0.1) is 11.3 Å². The number of hydrogen-bond donors (Lipinski definition) is 1. The molecule has 0 aliphatic carbocycles. The Kier molecular flexibility index (Phi) is 4.52. The van der Waals surface area contributed by atoms with Gasteiger partial charge in [-0.2, -0.15) is 0 Å². The number of halogens is 1. The number of hydrogen-bond acceptors (Lipinski definition) is 4. The van der Waals surface area contributed by atoms with Crippen molar-refractivity contribution in [3.05, 3.63) is 45.1 Å². The Morgan fingerprint density at radius 1 is 1.40 bits per heavy atom. The van der Waals surface area contributed by atoms with E-state index in [1.54, 1.807) is 25.3 Å². The van der Waals surface area contributed by atoms with Crippen LogP contribution >= 0.6 is 22.9 Å². The highest BCUT2D eigenvalue weighted by molar-refractivity contribution is 7.16. The van der Waals surface area contributed by atoms with Crippen molar-refractivity contribution < 1.29 is 14.6 Å². The quantitative estimate of drug-likeness (QED) is 0.913. The van der Waals surface area contributed by atoms with E-state index in [-0.39, 0.29) is 5.56 Å². The highest BCUT2D eigenvalue weighted by atomic mass is 35.5. The second kappa shape index (κ2) is 6.15. The van der Waals surface area contributed by atoms with Crippen LogP contribution in [0.3, 0.4) is 0 Å². The maximum absolute atomic E-state index is 11.3. The number of carboxylic acid groups (broad SMARTS) is 1. The van der Waals surface area contributed by atoms with E-state index in [2.05, 4.69) is 0 Å². The monoisotopic (exact) mass is 311 g/mol. The molecular formula is C14H14ClNO3S. The minimum atomic E-state index is -0.960. The normalized spacial score (nSPS) is 10.3. The van der Waals surface area contributed by atoms with Gasteiger partial charge in [0.15, 0.2) is 0 Å². The topological polar surface area (TPSA) is 49.8 Å². The number of methoxy groups -OCH3 is 1. The summed E-state index contributed by atoms with van der Waals surface area (Å²) >= 11 is 7.39. The van der Waals surface area contributed by atoms with Crippen LogP contribution in [-0.2, 0) is 6.54 Å². The third kappa shape index (κ3) is 3.23. The summed E-state index contributed by atoms with van der Waals surface area (Å²) < 4.78 is 5.88. The summed E-state index contributed by atoms with van der Waals surface area (Å²) in [5, 5.41) is 9.26. The third-order valence-corrected chi connectivity index (χ3v) is 4.08. The number of nitrogens with zero attached hydrogens (tertiary/aromatic N) is 1. The molecule has 1 heterocycles. The fraction of sp³-hybridized carbons (Fsp3) is 0.214. The summed E-state index contributed by atoms with van der Waals surface area (Å²) in [7, 11) is 3.40. The first-order valence-corrected chi connectivity index (χ1v) is 7.07. The van der Waals surface area contributed by atoms with Crippen molar-refractivity contribution in [3.8, 4) is 5.75 Å². The van der Waals surface area contributed by atoms with E-state index in [9.17, 15) is 9.90 Å². The van der Waals surface area contributed by atoms with E-state index in [1.807, 2.05) is 24.1 Å². The first-order chi connectivity index (χ1) is 9.51. The fourth-order valence-electron chi connectivity index (χ4n) is 1.89. The van der Waals surface area contributed by atoms with E-state index in [0.717, 1.165) is 9.21 Å². The van der Waals surface area contributed by atoms with Crippen LogP contribution in [0.15, 0.2) is 30.3 Å². The molecule has 6 heteroatoms. The van der Waals surface area contributed by atoms with Crippen molar-refractivity contribution in [2.75, 3.05) is 19.1 Å². The van der Waals surface area contributed by atoms with Gasteiger partial charge in [0.2, 0.25) is 0 Å². The van der Waals surface area contributed by atoms with Crippen molar-refractivity contribution >= 4 is 34.6 Å². The molecule has 1 aromatic carbocycles.